The molecule has 0 saturated carbocycles. The van der Waals surface area contributed by atoms with Gasteiger partial charge in [0.05, 0.1) is 29.5 Å². The van der Waals surface area contributed by atoms with Crippen LogP contribution in [0, 0.1) is 13.8 Å². The molecule has 33 heavy (non-hydrogen) atoms. The van der Waals surface area contributed by atoms with E-state index in [0.717, 1.165) is 28.0 Å². The van der Waals surface area contributed by atoms with Gasteiger partial charge in [0.1, 0.15) is 5.52 Å². The molecule has 8 nitrogen and oxygen atoms in total. The van der Waals surface area contributed by atoms with Crippen molar-refractivity contribution in [3.8, 4) is 0 Å². The molecule has 0 atom stereocenters. The predicted octanol–water partition coefficient (Wildman–Crippen LogP) is 2.98. The number of carbonyl (C=O) groups excluding carboxylic acids is 1. The average molecular weight is 441 g/mol. The molecule has 5 aromatic rings. The lowest BCUT2D eigenvalue weighted by atomic mass is 10.1. The second-order valence-electron chi connectivity index (χ2n) is 8.16. The fraction of sp³-hybridized carbons (Fsp3) is 0.200. The van der Waals surface area contributed by atoms with Crippen LogP contribution in [0.5, 0.6) is 0 Å². The molecule has 1 N–H and O–H groups in total. The van der Waals surface area contributed by atoms with Crippen molar-refractivity contribution in [2.75, 3.05) is 0 Å². The summed E-state index contributed by atoms with van der Waals surface area (Å²) in [6, 6.07) is 16.9. The zero-order valence-electron chi connectivity index (χ0n) is 18.7. The smallest absolute Gasteiger partial charge is 0.277 e. The summed E-state index contributed by atoms with van der Waals surface area (Å²) in [4.78, 5) is 26.3. The van der Waals surface area contributed by atoms with Crippen molar-refractivity contribution in [3.63, 3.8) is 0 Å². The van der Waals surface area contributed by atoms with Crippen molar-refractivity contribution in [3.05, 3.63) is 99.2 Å². The highest BCUT2D eigenvalue weighted by atomic mass is 16.1. The maximum atomic E-state index is 13.3. The van der Waals surface area contributed by atoms with Gasteiger partial charge in [-0.2, -0.15) is 10.2 Å². The van der Waals surface area contributed by atoms with Crippen molar-refractivity contribution >= 4 is 22.5 Å². The molecular weight excluding hydrogens is 416 g/mol. The first-order valence-corrected chi connectivity index (χ1v) is 10.8. The second kappa shape index (κ2) is 8.05. The van der Waals surface area contributed by atoms with Gasteiger partial charge in [-0.1, -0.05) is 30.3 Å². The number of benzene rings is 2. The fourth-order valence-electron chi connectivity index (χ4n) is 4.23. The van der Waals surface area contributed by atoms with E-state index in [2.05, 4.69) is 15.5 Å². The van der Waals surface area contributed by atoms with E-state index >= 15 is 0 Å². The molecule has 0 aliphatic heterocycles. The minimum Gasteiger partial charge on any atom is -0.348 e. The van der Waals surface area contributed by atoms with Crippen LogP contribution in [0.2, 0.25) is 0 Å². The third-order valence-corrected chi connectivity index (χ3v) is 6.13. The summed E-state index contributed by atoms with van der Waals surface area (Å²) >= 11 is 0. The molecule has 2 aromatic carbocycles. The molecule has 0 spiro atoms. The van der Waals surface area contributed by atoms with Gasteiger partial charge in [-0.15, -0.1) is 0 Å². The van der Waals surface area contributed by atoms with E-state index in [-0.39, 0.29) is 11.5 Å². The Bertz CT molecular complexity index is 1560. The molecule has 0 unspecified atom stereocenters. The Balaban J connectivity index is 1.56. The average Bonchev–Trinajstić information content (AvgIpc) is 3.40. The standard InChI is InChI=1S/C25H24N6O2/c1-16-20(17(2)29(3)28-16)14-26-24(32)19-9-10-21-23(13-19)30(15-18-7-5-4-6-8-18)25(33)22-11-12-27-31(21)22/h4-13H,14-15H2,1-3H3,(H,26,32). The summed E-state index contributed by atoms with van der Waals surface area (Å²) in [6.45, 7) is 4.70. The molecule has 8 heteroatoms. The van der Waals surface area contributed by atoms with Gasteiger partial charge >= 0.3 is 0 Å². The number of hydrogen-bond acceptors (Lipinski definition) is 4. The van der Waals surface area contributed by atoms with Gasteiger partial charge in [-0.3, -0.25) is 14.3 Å². The quantitative estimate of drug-likeness (QED) is 0.455. The molecule has 166 valence electrons. The second-order valence-corrected chi connectivity index (χ2v) is 8.16. The third kappa shape index (κ3) is 3.59. The van der Waals surface area contributed by atoms with Crippen LogP contribution in [0.3, 0.4) is 0 Å². The number of nitrogens with one attached hydrogen (secondary N) is 1. The van der Waals surface area contributed by atoms with E-state index < -0.39 is 0 Å². The van der Waals surface area contributed by atoms with Crippen LogP contribution in [0.25, 0.3) is 16.6 Å². The Kier molecular flexibility index (Phi) is 5.05. The minimum atomic E-state index is -0.209. The van der Waals surface area contributed by atoms with Crippen LogP contribution >= 0.6 is 0 Å². The number of amides is 1. The number of fused-ring (bicyclic) bond motifs is 3. The molecule has 0 fully saturated rings. The van der Waals surface area contributed by atoms with E-state index in [1.165, 1.54) is 0 Å². The first kappa shape index (κ1) is 20.7. The predicted molar refractivity (Wildman–Crippen MR) is 126 cm³/mol. The Morgan fingerprint density at radius 3 is 2.52 bits per heavy atom. The lowest BCUT2D eigenvalue weighted by Gasteiger charge is -2.14. The normalized spacial score (nSPS) is 11.4. The van der Waals surface area contributed by atoms with Gasteiger partial charge in [-0.05, 0) is 43.7 Å². The summed E-state index contributed by atoms with van der Waals surface area (Å²) in [5.41, 5.74) is 6.17. The molecule has 0 aliphatic rings. The maximum Gasteiger partial charge on any atom is 0.277 e. The highest BCUT2D eigenvalue weighted by Crippen LogP contribution is 2.18. The first-order valence-electron chi connectivity index (χ1n) is 10.8. The molecule has 0 saturated heterocycles. The van der Waals surface area contributed by atoms with Crippen LogP contribution in [0.15, 0.2) is 65.6 Å². The highest BCUT2D eigenvalue weighted by molar-refractivity contribution is 5.97. The van der Waals surface area contributed by atoms with Crippen LogP contribution in [-0.2, 0) is 20.1 Å². The summed E-state index contributed by atoms with van der Waals surface area (Å²) in [5.74, 6) is -0.209. The fourth-order valence-corrected chi connectivity index (χ4v) is 4.23. The topological polar surface area (TPSA) is 86.2 Å². The Labute approximate surface area is 190 Å². The number of aromatic nitrogens is 5. The molecule has 3 aromatic heterocycles. The van der Waals surface area contributed by atoms with E-state index in [0.29, 0.717) is 29.7 Å². The molecule has 3 heterocycles. The summed E-state index contributed by atoms with van der Waals surface area (Å²) in [7, 11) is 1.89. The van der Waals surface area contributed by atoms with E-state index in [4.69, 9.17) is 0 Å². The van der Waals surface area contributed by atoms with Crippen molar-refractivity contribution in [1.29, 1.82) is 0 Å². The Hall–Kier alpha value is -4.20. The molecule has 5 rings (SSSR count). The van der Waals surface area contributed by atoms with E-state index in [1.54, 1.807) is 33.5 Å². The van der Waals surface area contributed by atoms with Crippen LogP contribution < -0.4 is 10.9 Å². The first-order chi connectivity index (χ1) is 15.9. The zero-order valence-corrected chi connectivity index (χ0v) is 18.7. The van der Waals surface area contributed by atoms with Crippen LogP contribution in [-0.4, -0.2) is 29.9 Å². The molecule has 0 aliphatic carbocycles. The molecular formula is C25H24N6O2. The Morgan fingerprint density at radius 2 is 1.79 bits per heavy atom. The lowest BCUT2D eigenvalue weighted by Crippen LogP contribution is -2.26. The molecule has 1 amide bonds. The number of hydrogen-bond donors (Lipinski definition) is 1. The Morgan fingerprint density at radius 1 is 1.00 bits per heavy atom. The number of rotatable bonds is 5. The van der Waals surface area contributed by atoms with Crippen molar-refractivity contribution in [1.82, 2.24) is 29.3 Å². The summed E-state index contributed by atoms with van der Waals surface area (Å²) in [5, 5.41) is 11.7. The number of carbonyl (C=O) groups is 1. The third-order valence-electron chi connectivity index (χ3n) is 6.13. The van der Waals surface area contributed by atoms with E-state index in [1.807, 2.05) is 62.0 Å². The largest absolute Gasteiger partial charge is 0.348 e. The summed E-state index contributed by atoms with van der Waals surface area (Å²) < 4.78 is 5.14. The zero-order chi connectivity index (χ0) is 23.1. The van der Waals surface area contributed by atoms with Crippen LogP contribution in [0.1, 0.15) is 32.9 Å². The van der Waals surface area contributed by atoms with Crippen molar-refractivity contribution < 1.29 is 4.79 Å². The van der Waals surface area contributed by atoms with Gasteiger partial charge in [0.15, 0.2) is 0 Å². The monoisotopic (exact) mass is 440 g/mol. The van der Waals surface area contributed by atoms with Crippen molar-refractivity contribution in [2.24, 2.45) is 7.05 Å². The lowest BCUT2D eigenvalue weighted by molar-refractivity contribution is 0.0951. The van der Waals surface area contributed by atoms with Gasteiger partial charge in [0, 0.05) is 30.4 Å². The van der Waals surface area contributed by atoms with Crippen molar-refractivity contribution in [2.45, 2.75) is 26.9 Å². The van der Waals surface area contributed by atoms with Gasteiger partial charge in [-0.25, -0.2) is 4.52 Å². The maximum absolute atomic E-state index is 13.3. The molecule has 0 radical (unpaired) electrons. The van der Waals surface area contributed by atoms with Gasteiger partial charge in [0.25, 0.3) is 11.5 Å². The number of nitrogens with zero attached hydrogens (tertiary/aromatic N) is 5. The minimum absolute atomic E-state index is 0.150. The summed E-state index contributed by atoms with van der Waals surface area (Å²) in [6.07, 6.45) is 1.61. The number of aryl methyl sites for hydroxylation is 2. The van der Waals surface area contributed by atoms with E-state index in [9.17, 15) is 9.59 Å². The highest BCUT2D eigenvalue weighted by Gasteiger charge is 2.16. The van der Waals surface area contributed by atoms with Crippen LogP contribution in [0.4, 0.5) is 0 Å². The van der Waals surface area contributed by atoms with Gasteiger partial charge < -0.3 is 9.88 Å². The molecule has 0 bridgehead atoms. The van der Waals surface area contributed by atoms with Gasteiger partial charge in [0.2, 0.25) is 0 Å². The SMILES string of the molecule is Cc1nn(C)c(C)c1CNC(=O)c1ccc2c(c1)n(Cc1ccccc1)c(=O)c1ccnn12.